The molecule has 0 saturated heterocycles. The molecular weight excluding hydrogens is 449 g/mol. The van der Waals surface area contributed by atoms with Crippen molar-refractivity contribution in [2.75, 3.05) is 19.8 Å². The molecule has 2 N–H and O–H groups in total. The normalized spacial score (nSPS) is 10.6. The van der Waals surface area contributed by atoms with Gasteiger partial charge in [-0.1, -0.05) is 64.0 Å². The molecule has 10 heteroatoms. The molecule has 0 fully saturated rings. The van der Waals surface area contributed by atoms with E-state index in [1.165, 1.54) is 18.2 Å². The fraction of sp³-hybridized carbons (Fsp3) is 0.636. The number of hydrogen-bond donors (Lipinski definition) is 2. The van der Waals surface area contributed by atoms with Crippen molar-refractivity contribution in [2.24, 2.45) is 0 Å². The van der Waals surface area contributed by atoms with Crippen LogP contribution in [-0.2, 0) is 27.0 Å². The van der Waals surface area contributed by atoms with Gasteiger partial charge in [-0.15, -0.1) is 0 Å². The SMILES string of the molecule is CNC(=O)C(=O)NCCCCc1ccccc1CCCCCCCCCP(=O)([O-])[O-].[Na+].[Na+]. The molecule has 0 atom stereocenters. The Hall–Kier alpha value is 0.310. The Morgan fingerprint density at radius 1 is 0.781 bits per heavy atom. The van der Waals surface area contributed by atoms with Gasteiger partial charge in [0.15, 0.2) is 0 Å². The molecular formula is C22H35N2Na2O5P. The maximum Gasteiger partial charge on any atom is 1.00 e. The fourth-order valence-electron chi connectivity index (χ4n) is 3.39. The Morgan fingerprint density at radius 3 is 1.75 bits per heavy atom. The number of rotatable bonds is 15. The first kappa shape index (κ1) is 34.5. The van der Waals surface area contributed by atoms with Crippen molar-refractivity contribution < 1.29 is 83.1 Å². The fourth-order valence-corrected chi connectivity index (χ4v) is 4.00. The predicted molar refractivity (Wildman–Crippen MR) is 115 cm³/mol. The average molecular weight is 484 g/mol. The molecule has 0 unspecified atom stereocenters. The van der Waals surface area contributed by atoms with Gasteiger partial charge < -0.3 is 25.0 Å². The van der Waals surface area contributed by atoms with Crippen LogP contribution in [0.5, 0.6) is 0 Å². The van der Waals surface area contributed by atoms with Crippen LogP contribution in [0, 0.1) is 0 Å². The summed E-state index contributed by atoms with van der Waals surface area (Å²) in [6.07, 6.45) is 10.3. The number of nitrogens with one attached hydrogen (secondary N) is 2. The van der Waals surface area contributed by atoms with Gasteiger partial charge in [-0.2, -0.15) is 0 Å². The molecule has 0 saturated carbocycles. The van der Waals surface area contributed by atoms with Crippen LogP contribution in [0.2, 0.25) is 0 Å². The maximum atomic E-state index is 11.4. The zero-order valence-electron chi connectivity index (χ0n) is 20.0. The molecule has 0 aliphatic heterocycles. The van der Waals surface area contributed by atoms with Crippen LogP contribution < -0.4 is 79.5 Å². The van der Waals surface area contributed by atoms with Crippen LogP contribution in [0.4, 0.5) is 0 Å². The van der Waals surface area contributed by atoms with E-state index in [4.69, 9.17) is 0 Å². The number of amides is 2. The van der Waals surface area contributed by atoms with E-state index in [-0.39, 0.29) is 65.3 Å². The molecule has 0 bridgehead atoms. The third-order valence-corrected chi connectivity index (χ3v) is 5.95. The van der Waals surface area contributed by atoms with E-state index in [2.05, 4.69) is 34.9 Å². The topological polar surface area (TPSA) is 121 Å². The molecule has 1 aromatic carbocycles. The van der Waals surface area contributed by atoms with Gasteiger partial charge in [0, 0.05) is 13.6 Å². The zero-order chi connectivity index (χ0) is 22.2. The monoisotopic (exact) mass is 484 g/mol. The van der Waals surface area contributed by atoms with E-state index in [0.29, 0.717) is 13.0 Å². The molecule has 0 aliphatic rings. The van der Waals surface area contributed by atoms with Crippen molar-refractivity contribution in [3.63, 3.8) is 0 Å². The quantitative estimate of drug-likeness (QED) is 0.114. The standard InChI is InChI=1S/C22H37N2O5P.2Na/c1-23-21(25)22(26)24-17-11-10-16-20-15-9-8-14-19(20)13-7-5-3-2-4-6-12-18-30(27,28)29;;/h8-9,14-15H,2-7,10-13,16-18H2,1H3,(H,23,25)(H,24,26)(H2,27,28,29);;/q;2*+1/p-2. The Labute approximate surface area is 237 Å². The summed E-state index contributed by atoms with van der Waals surface area (Å²) in [6, 6.07) is 8.44. The van der Waals surface area contributed by atoms with E-state index in [1.807, 2.05) is 0 Å². The predicted octanol–water partition coefficient (Wildman–Crippen LogP) is -3.93. The number of carbonyl (C=O) groups excluding carboxylic acids is 2. The summed E-state index contributed by atoms with van der Waals surface area (Å²) in [5, 5.41) is 4.91. The summed E-state index contributed by atoms with van der Waals surface area (Å²) < 4.78 is 10.6. The van der Waals surface area contributed by atoms with Crippen LogP contribution in [0.25, 0.3) is 0 Å². The number of benzene rings is 1. The molecule has 32 heavy (non-hydrogen) atoms. The van der Waals surface area contributed by atoms with Crippen LogP contribution in [0.15, 0.2) is 24.3 Å². The summed E-state index contributed by atoms with van der Waals surface area (Å²) in [5.74, 6) is -1.20. The van der Waals surface area contributed by atoms with Crippen LogP contribution in [0.3, 0.4) is 0 Å². The average Bonchev–Trinajstić information content (AvgIpc) is 2.71. The Bertz CT molecular complexity index is 701. The third kappa shape index (κ3) is 17.7. The molecule has 1 aromatic rings. The van der Waals surface area contributed by atoms with Gasteiger partial charge in [-0.05, 0) is 55.8 Å². The number of aryl methyl sites for hydroxylation is 2. The zero-order valence-corrected chi connectivity index (χ0v) is 24.9. The number of carbonyl (C=O) groups is 2. The van der Waals surface area contributed by atoms with E-state index in [0.717, 1.165) is 64.2 Å². The minimum Gasteiger partial charge on any atom is -0.811 e. The van der Waals surface area contributed by atoms with E-state index in [9.17, 15) is 23.9 Å². The van der Waals surface area contributed by atoms with Crippen molar-refractivity contribution in [1.29, 1.82) is 0 Å². The largest absolute Gasteiger partial charge is 1.00 e. The first-order chi connectivity index (χ1) is 14.3. The van der Waals surface area contributed by atoms with Gasteiger partial charge in [-0.3, -0.25) is 9.59 Å². The van der Waals surface area contributed by atoms with E-state index < -0.39 is 19.4 Å². The minimum atomic E-state index is -4.33. The van der Waals surface area contributed by atoms with Crippen LogP contribution in [0.1, 0.15) is 68.9 Å². The maximum absolute atomic E-state index is 11.4. The van der Waals surface area contributed by atoms with Gasteiger partial charge in [0.05, 0.1) is 0 Å². The van der Waals surface area contributed by atoms with Crippen molar-refractivity contribution >= 4 is 19.4 Å². The molecule has 0 spiro atoms. The second kappa shape index (κ2) is 20.7. The van der Waals surface area contributed by atoms with E-state index >= 15 is 0 Å². The summed E-state index contributed by atoms with van der Waals surface area (Å²) in [6.45, 7) is 0.496. The Kier molecular flexibility index (Phi) is 22.3. The van der Waals surface area contributed by atoms with Crippen molar-refractivity contribution in [1.82, 2.24) is 10.6 Å². The summed E-state index contributed by atoms with van der Waals surface area (Å²) in [4.78, 5) is 43.7. The van der Waals surface area contributed by atoms with Crippen molar-refractivity contribution in [3.05, 3.63) is 35.4 Å². The molecule has 0 aliphatic carbocycles. The second-order valence-corrected chi connectivity index (χ2v) is 9.29. The van der Waals surface area contributed by atoms with Gasteiger partial charge in [0.25, 0.3) is 0 Å². The second-order valence-electron chi connectivity index (χ2n) is 7.62. The summed E-state index contributed by atoms with van der Waals surface area (Å²) in [7, 11) is -2.89. The molecule has 7 nitrogen and oxygen atoms in total. The summed E-state index contributed by atoms with van der Waals surface area (Å²) >= 11 is 0. The molecule has 0 heterocycles. The minimum absolute atomic E-state index is 0. The first-order valence-electron chi connectivity index (χ1n) is 10.9. The van der Waals surface area contributed by atoms with Crippen molar-refractivity contribution in [2.45, 2.75) is 70.6 Å². The van der Waals surface area contributed by atoms with Crippen molar-refractivity contribution in [3.8, 4) is 0 Å². The summed E-state index contributed by atoms with van der Waals surface area (Å²) in [5.41, 5.74) is 2.71. The molecule has 1 rings (SSSR count). The van der Waals surface area contributed by atoms with Crippen LogP contribution >= 0.6 is 7.60 Å². The number of unbranched alkanes of at least 4 members (excludes halogenated alkanes) is 7. The molecule has 2 amide bonds. The molecule has 170 valence electrons. The smallest absolute Gasteiger partial charge is 0.811 e. The van der Waals surface area contributed by atoms with Crippen LogP contribution in [-0.4, -0.2) is 31.6 Å². The Morgan fingerprint density at radius 2 is 1.25 bits per heavy atom. The Balaban J connectivity index is 0. The first-order valence-corrected chi connectivity index (χ1v) is 12.6. The molecule has 0 aromatic heterocycles. The van der Waals surface area contributed by atoms with Gasteiger partial charge in [0.1, 0.15) is 0 Å². The van der Waals surface area contributed by atoms with E-state index in [1.54, 1.807) is 0 Å². The number of hydrogen-bond acceptors (Lipinski definition) is 5. The van der Waals surface area contributed by atoms with Gasteiger partial charge in [-0.25, -0.2) is 0 Å². The van der Waals surface area contributed by atoms with Gasteiger partial charge in [0.2, 0.25) is 0 Å². The van der Waals surface area contributed by atoms with Gasteiger partial charge >= 0.3 is 70.9 Å². The molecule has 0 radical (unpaired) electrons. The number of likely N-dealkylation sites (N-methyl/N-ethyl adjacent to an activating group) is 1. The third-order valence-electron chi connectivity index (χ3n) is 5.09.